The average Bonchev–Trinajstić information content (AvgIpc) is 2.27. The van der Waals surface area contributed by atoms with Crippen molar-refractivity contribution >= 4 is 11.6 Å². The lowest BCUT2D eigenvalue weighted by molar-refractivity contribution is 1.17. The van der Waals surface area contributed by atoms with Gasteiger partial charge in [-0.05, 0) is 48.6 Å². The molecule has 0 aliphatic heterocycles. The normalized spacial score (nSPS) is 10.4. The number of hydrogen-bond donors (Lipinski definition) is 0. The Bertz CT molecular complexity index is 501. The van der Waals surface area contributed by atoms with Crippen LogP contribution in [0.1, 0.15) is 22.3 Å². The summed E-state index contributed by atoms with van der Waals surface area (Å²) >= 11 is 6.15. The first kappa shape index (κ1) is 11.2. The Balaban J connectivity index is 2.28. The molecule has 0 fully saturated rings. The topological polar surface area (TPSA) is 0 Å². The highest BCUT2D eigenvalue weighted by atomic mass is 35.5. The van der Waals surface area contributed by atoms with Gasteiger partial charge in [-0.1, -0.05) is 48.0 Å². The van der Waals surface area contributed by atoms with E-state index in [0.29, 0.717) is 0 Å². The van der Waals surface area contributed by atoms with E-state index in [4.69, 9.17) is 11.6 Å². The maximum Gasteiger partial charge on any atom is 0.0441 e. The van der Waals surface area contributed by atoms with Crippen LogP contribution in [-0.4, -0.2) is 0 Å². The lowest BCUT2D eigenvalue weighted by Crippen LogP contribution is -1.91. The summed E-state index contributed by atoms with van der Waals surface area (Å²) in [5.74, 6) is 0. The van der Waals surface area contributed by atoms with Gasteiger partial charge in [0.05, 0.1) is 0 Å². The monoisotopic (exact) mass is 230 g/mol. The second-order valence-electron chi connectivity index (χ2n) is 4.19. The Morgan fingerprint density at radius 3 is 2.38 bits per heavy atom. The Kier molecular flexibility index (Phi) is 3.31. The van der Waals surface area contributed by atoms with Crippen molar-refractivity contribution in [1.29, 1.82) is 0 Å². The molecule has 0 saturated carbocycles. The Hall–Kier alpha value is -1.27. The Morgan fingerprint density at radius 1 is 0.938 bits per heavy atom. The van der Waals surface area contributed by atoms with E-state index in [0.717, 1.165) is 11.4 Å². The molecule has 0 bridgehead atoms. The quantitative estimate of drug-likeness (QED) is 0.710. The molecule has 0 unspecified atom stereocenters. The van der Waals surface area contributed by atoms with Gasteiger partial charge >= 0.3 is 0 Å². The van der Waals surface area contributed by atoms with Crippen LogP contribution in [0.15, 0.2) is 42.5 Å². The predicted octanol–water partition coefficient (Wildman–Crippen LogP) is 4.55. The predicted molar refractivity (Wildman–Crippen MR) is 70.2 cm³/mol. The Labute approximate surface area is 102 Å². The van der Waals surface area contributed by atoms with Crippen molar-refractivity contribution in [2.75, 3.05) is 0 Å². The zero-order valence-corrected chi connectivity index (χ0v) is 10.4. The van der Waals surface area contributed by atoms with E-state index in [1.807, 2.05) is 18.2 Å². The van der Waals surface area contributed by atoms with E-state index in [1.165, 1.54) is 22.3 Å². The fraction of sp³-hybridized carbons (Fsp3) is 0.200. The molecule has 0 heterocycles. The smallest absolute Gasteiger partial charge is 0.0441 e. The minimum absolute atomic E-state index is 0.848. The van der Waals surface area contributed by atoms with Gasteiger partial charge in [0.15, 0.2) is 0 Å². The van der Waals surface area contributed by atoms with E-state index in [9.17, 15) is 0 Å². The zero-order chi connectivity index (χ0) is 11.5. The van der Waals surface area contributed by atoms with Gasteiger partial charge in [0, 0.05) is 5.02 Å². The first-order valence-corrected chi connectivity index (χ1v) is 5.84. The van der Waals surface area contributed by atoms with Crippen LogP contribution in [0, 0.1) is 13.8 Å². The molecule has 0 aliphatic rings. The molecule has 0 saturated heterocycles. The van der Waals surface area contributed by atoms with Crippen LogP contribution in [0.5, 0.6) is 0 Å². The van der Waals surface area contributed by atoms with Crippen LogP contribution in [0.2, 0.25) is 5.02 Å². The molecule has 0 atom stereocenters. The summed E-state index contributed by atoms with van der Waals surface area (Å²) in [6.07, 6.45) is 0.904. The third kappa shape index (κ3) is 2.45. The Morgan fingerprint density at radius 2 is 1.69 bits per heavy atom. The molecule has 1 heteroatoms. The molecule has 82 valence electrons. The lowest BCUT2D eigenvalue weighted by Gasteiger charge is -2.06. The molecular weight excluding hydrogens is 216 g/mol. The molecule has 0 aliphatic carbocycles. The fourth-order valence-electron chi connectivity index (χ4n) is 1.78. The first-order valence-electron chi connectivity index (χ1n) is 5.46. The minimum atomic E-state index is 0.848. The average molecular weight is 231 g/mol. The summed E-state index contributed by atoms with van der Waals surface area (Å²) in [6.45, 7) is 4.28. The van der Waals surface area contributed by atoms with Crippen molar-refractivity contribution < 1.29 is 0 Å². The molecule has 0 spiro atoms. The van der Waals surface area contributed by atoms with Crippen LogP contribution in [0.4, 0.5) is 0 Å². The molecule has 2 aromatic rings. The lowest BCUT2D eigenvalue weighted by atomic mass is 10.0. The second kappa shape index (κ2) is 4.71. The molecule has 0 N–H and O–H groups in total. The van der Waals surface area contributed by atoms with Crippen molar-refractivity contribution in [3.05, 3.63) is 69.7 Å². The van der Waals surface area contributed by atoms with Gasteiger partial charge in [-0.3, -0.25) is 0 Å². The number of hydrogen-bond acceptors (Lipinski definition) is 0. The number of benzene rings is 2. The van der Waals surface area contributed by atoms with E-state index < -0.39 is 0 Å². The number of rotatable bonds is 2. The molecule has 0 nitrogen and oxygen atoms in total. The van der Waals surface area contributed by atoms with Gasteiger partial charge in [0.2, 0.25) is 0 Å². The van der Waals surface area contributed by atoms with Crippen molar-refractivity contribution in [2.45, 2.75) is 20.3 Å². The first-order chi connectivity index (χ1) is 7.66. The standard InChI is InChI=1S/C15H15Cl/c1-11-7-8-13(9-12(11)2)10-14-5-3-4-6-15(14)16/h3-9H,10H2,1-2H3. The van der Waals surface area contributed by atoms with E-state index >= 15 is 0 Å². The van der Waals surface area contributed by atoms with Gasteiger partial charge in [-0.25, -0.2) is 0 Å². The fourth-order valence-corrected chi connectivity index (χ4v) is 1.98. The maximum atomic E-state index is 6.15. The van der Waals surface area contributed by atoms with Gasteiger partial charge < -0.3 is 0 Å². The zero-order valence-electron chi connectivity index (χ0n) is 9.63. The third-order valence-electron chi connectivity index (χ3n) is 2.92. The molecule has 0 amide bonds. The summed E-state index contributed by atoms with van der Waals surface area (Å²) in [6, 6.07) is 14.6. The molecule has 2 aromatic carbocycles. The maximum absolute atomic E-state index is 6.15. The van der Waals surface area contributed by atoms with E-state index in [-0.39, 0.29) is 0 Å². The highest BCUT2D eigenvalue weighted by molar-refractivity contribution is 6.31. The SMILES string of the molecule is Cc1ccc(Cc2ccccc2Cl)cc1C. The number of aryl methyl sites for hydroxylation is 2. The third-order valence-corrected chi connectivity index (χ3v) is 3.29. The van der Waals surface area contributed by atoms with Gasteiger partial charge in [-0.15, -0.1) is 0 Å². The van der Waals surface area contributed by atoms with Crippen LogP contribution in [-0.2, 0) is 6.42 Å². The molecule has 0 aromatic heterocycles. The largest absolute Gasteiger partial charge is 0.0840 e. The minimum Gasteiger partial charge on any atom is -0.0840 e. The van der Waals surface area contributed by atoms with Gasteiger partial charge in [0.25, 0.3) is 0 Å². The number of halogens is 1. The summed E-state index contributed by atoms with van der Waals surface area (Å²) in [5.41, 5.74) is 5.18. The van der Waals surface area contributed by atoms with E-state index in [2.05, 4.69) is 38.1 Å². The highest BCUT2D eigenvalue weighted by Crippen LogP contribution is 2.20. The molecule has 0 radical (unpaired) electrons. The summed E-state index contributed by atoms with van der Waals surface area (Å²) in [5, 5.41) is 0.848. The van der Waals surface area contributed by atoms with E-state index in [1.54, 1.807) is 0 Å². The van der Waals surface area contributed by atoms with Crippen LogP contribution in [0.25, 0.3) is 0 Å². The van der Waals surface area contributed by atoms with Crippen LogP contribution >= 0.6 is 11.6 Å². The molecule has 16 heavy (non-hydrogen) atoms. The molecule has 2 rings (SSSR count). The molecular formula is C15H15Cl. The summed E-state index contributed by atoms with van der Waals surface area (Å²) < 4.78 is 0. The van der Waals surface area contributed by atoms with Crippen molar-refractivity contribution in [2.24, 2.45) is 0 Å². The van der Waals surface area contributed by atoms with Gasteiger partial charge in [-0.2, -0.15) is 0 Å². The van der Waals surface area contributed by atoms with Crippen LogP contribution in [0.3, 0.4) is 0 Å². The summed E-state index contributed by atoms with van der Waals surface area (Å²) in [7, 11) is 0. The van der Waals surface area contributed by atoms with Gasteiger partial charge in [0.1, 0.15) is 0 Å². The van der Waals surface area contributed by atoms with Crippen molar-refractivity contribution in [1.82, 2.24) is 0 Å². The van der Waals surface area contributed by atoms with Crippen LogP contribution < -0.4 is 0 Å². The van der Waals surface area contributed by atoms with Crippen molar-refractivity contribution in [3.63, 3.8) is 0 Å². The second-order valence-corrected chi connectivity index (χ2v) is 4.59. The van der Waals surface area contributed by atoms with Crippen molar-refractivity contribution in [3.8, 4) is 0 Å². The summed E-state index contributed by atoms with van der Waals surface area (Å²) in [4.78, 5) is 0. The highest BCUT2D eigenvalue weighted by Gasteiger charge is 2.01.